The van der Waals surface area contributed by atoms with Gasteiger partial charge in [-0.2, -0.15) is 0 Å². The zero-order valence-electron chi connectivity index (χ0n) is 18.0. The van der Waals surface area contributed by atoms with Crippen LogP contribution in [-0.2, 0) is 19.1 Å². The standard InChI is InChI=1S/C22H18ClIN2O8/c1-3-31-18-9-12(7-16(24)20(18)33-11-19(27)32-4-2)8-17-22(28)34-21(25-17)14-6-5-13(26(29)30)10-15(14)23/h5-10H,3-4,11H2,1-2H3/b17-8-. The van der Waals surface area contributed by atoms with Crippen LogP contribution in [0.2, 0.25) is 5.02 Å². The normalized spacial score (nSPS) is 13.9. The van der Waals surface area contributed by atoms with Gasteiger partial charge < -0.3 is 18.9 Å². The van der Waals surface area contributed by atoms with Crippen LogP contribution in [0.5, 0.6) is 11.5 Å². The molecule has 1 aliphatic rings. The maximum Gasteiger partial charge on any atom is 0.363 e. The molecule has 12 heteroatoms. The number of non-ortho nitro benzene ring substituents is 1. The minimum Gasteiger partial charge on any atom is -0.490 e. The van der Waals surface area contributed by atoms with E-state index in [4.69, 9.17) is 30.5 Å². The SMILES string of the molecule is CCOC(=O)COc1c(I)cc(/C=C2\N=C(c3ccc([N+](=O)[O-])cc3Cl)OC2=O)cc1OCC. The molecule has 0 spiro atoms. The van der Waals surface area contributed by atoms with Crippen molar-refractivity contribution in [3.63, 3.8) is 0 Å². The van der Waals surface area contributed by atoms with Crippen LogP contribution in [0.15, 0.2) is 41.0 Å². The van der Waals surface area contributed by atoms with Gasteiger partial charge >= 0.3 is 11.9 Å². The van der Waals surface area contributed by atoms with E-state index in [0.717, 1.165) is 6.07 Å². The van der Waals surface area contributed by atoms with Crippen molar-refractivity contribution in [3.05, 3.63) is 65.9 Å². The number of ether oxygens (including phenoxy) is 4. The summed E-state index contributed by atoms with van der Waals surface area (Å²) in [6, 6.07) is 7.11. The maximum absolute atomic E-state index is 12.4. The summed E-state index contributed by atoms with van der Waals surface area (Å²) in [5, 5.41) is 10.9. The quantitative estimate of drug-likeness (QED) is 0.135. The van der Waals surface area contributed by atoms with E-state index in [2.05, 4.69) is 4.99 Å². The number of esters is 2. The lowest BCUT2D eigenvalue weighted by atomic mass is 10.1. The van der Waals surface area contributed by atoms with E-state index in [1.165, 1.54) is 18.2 Å². The molecule has 0 unspecified atom stereocenters. The van der Waals surface area contributed by atoms with Crippen molar-refractivity contribution in [1.82, 2.24) is 0 Å². The second-order valence-corrected chi connectivity index (χ2v) is 8.18. The lowest BCUT2D eigenvalue weighted by molar-refractivity contribution is -0.384. The zero-order valence-corrected chi connectivity index (χ0v) is 20.9. The molecule has 0 fully saturated rings. The van der Waals surface area contributed by atoms with Gasteiger partial charge in [-0.1, -0.05) is 11.6 Å². The molecule has 0 saturated heterocycles. The Morgan fingerprint density at radius 1 is 1.24 bits per heavy atom. The van der Waals surface area contributed by atoms with Crippen molar-refractivity contribution in [3.8, 4) is 11.5 Å². The molecule has 0 saturated carbocycles. The van der Waals surface area contributed by atoms with Gasteiger partial charge in [0.15, 0.2) is 23.8 Å². The van der Waals surface area contributed by atoms with Crippen LogP contribution in [0.25, 0.3) is 6.08 Å². The third-order valence-electron chi connectivity index (χ3n) is 4.29. The molecular weight excluding hydrogens is 583 g/mol. The Balaban J connectivity index is 1.91. The minimum absolute atomic E-state index is 0.00265. The Labute approximate surface area is 212 Å². The number of cyclic esters (lactones) is 1. The van der Waals surface area contributed by atoms with Crippen molar-refractivity contribution in [2.75, 3.05) is 19.8 Å². The third-order valence-corrected chi connectivity index (χ3v) is 5.40. The number of rotatable bonds is 9. The fourth-order valence-electron chi connectivity index (χ4n) is 2.88. The van der Waals surface area contributed by atoms with Crippen LogP contribution in [0.3, 0.4) is 0 Å². The van der Waals surface area contributed by atoms with Gasteiger partial charge in [0, 0.05) is 12.1 Å². The van der Waals surface area contributed by atoms with Crippen LogP contribution in [0.1, 0.15) is 25.0 Å². The highest BCUT2D eigenvalue weighted by molar-refractivity contribution is 14.1. The van der Waals surface area contributed by atoms with Crippen molar-refractivity contribution >= 4 is 63.8 Å². The predicted octanol–water partition coefficient (Wildman–Crippen LogP) is 4.54. The van der Waals surface area contributed by atoms with Crippen molar-refractivity contribution in [1.29, 1.82) is 0 Å². The molecule has 34 heavy (non-hydrogen) atoms. The average Bonchev–Trinajstić information content (AvgIpc) is 3.13. The molecule has 1 heterocycles. The highest BCUT2D eigenvalue weighted by atomic mass is 127. The monoisotopic (exact) mass is 600 g/mol. The number of nitro benzene ring substituents is 1. The van der Waals surface area contributed by atoms with Gasteiger partial charge in [-0.25, -0.2) is 14.6 Å². The Hall–Kier alpha value is -3.19. The van der Waals surface area contributed by atoms with Crippen molar-refractivity contribution < 1.29 is 33.5 Å². The molecule has 178 valence electrons. The zero-order chi connectivity index (χ0) is 24.8. The molecule has 0 bridgehead atoms. The van der Waals surface area contributed by atoms with Gasteiger partial charge in [0.05, 0.1) is 32.3 Å². The first kappa shape index (κ1) is 25.4. The van der Waals surface area contributed by atoms with Gasteiger partial charge in [-0.3, -0.25) is 10.1 Å². The first-order valence-corrected chi connectivity index (χ1v) is 11.4. The van der Waals surface area contributed by atoms with E-state index in [1.54, 1.807) is 26.0 Å². The molecule has 0 radical (unpaired) electrons. The lowest BCUT2D eigenvalue weighted by Crippen LogP contribution is -2.15. The molecule has 1 aliphatic heterocycles. The summed E-state index contributed by atoms with van der Waals surface area (Å²) in [5.41, 5.74) is 0.625. The number of carbonyl (C=O) groups excluding carboxylic acids is 2. The molecule has 0 atom stereocenters. The smallest absolute Gasteiger partial charge is 0.363 e. The Kier molecular flexibility index (Phi) is 8.45. The van der Waals surface area contributed by atoms with Crippen LogP contribution < -0.4 is 9.47 Å². The minimum atomic E-state index is -0.708. The van der Waals surface area contributed by atoms with Gasteiger partial charge in [0.2, 0.25) is 5.90 Å². The average molecular weight is 601 g/mol. The molecule has 0 aliphatic carbocycles. The number of hydrogen-bond acceptors (Lipinski definition) is 9. The van der Waals surface area contributed by atoms with Gasteiger partial charge in [0.1, 0.15) is 0 Å². The topological polar surface area (TPSA) is 127 Å². The number of nitro groups is 1. The van der Waals surface area contributed by atoms with Crippen molar-refractivity contribution in [2.45, 2.75) is 13.8 Å². The van der Waals surface area contributed by atoms with Crippen molar-refractivity contribution in [2.24, 2.45) is 4.99 Å². The van der Waals surface area contributed by atoms with Gasteiger partial charge in [0.25, 0.3) is 5.69 Å². The van der Waals surface area contributed by atoms with E-state index in [-0.39, 0.29) is 41.1 Å². The Morgan fingerprint density at radius 3 is 2.65 bits per heavy atom. The second kappa shape index (κ2) is 11.3. The number of nitrogens with zero attached hydrogens (tertiary/aromatic N) is 2. The molecule has 0 N–H and O–H groups in total. The number of benzene rings is 2. The number of halogens is 2. The molecule has 3 rings (SSSR count). The first-order valence-electron chi connectivity index (χ1n) is 9.95. The van der Waals surface area contributed by atoms with Gasteiger partial charge in [-0.15, -0.1) is 0 Å². The first-order chi connectivity index (χ1) is 16.2. The second-order valence-electron chi connectivity index (χ2n) is 6.61. The van der Waals surface area contributed by atoms with Crippen LogP contribution >= 0.6 is 34.2 Å². The molecule has 10 nitrogen and oxygen atoms in total. The van der Waals surface area contributed by atoms with Gasteiger partial charge in [-0.05, 0) is 66.3 Å². The summed E-state index contributed by atoms with van der Waals surface area (Å²) in [5.74, 6) is -0.536. The largest absolute Gasteiger partial charge is 0.490 e. The fraction of sp³-hybridized carbons (Fsp3) is 0.227. The van der Waals surface area contributed by atoms with Crippen LogP contribution in [0, 0.1) is 13.7 Å². The maximum atomic E-state index is 12.4. The Bertz CT molecular complexity index is 1210. The van der Waals surface area contributed by atoms with E-state index >= 15 is 0 Å². The number of carbonyl (C=O) groups is 2. The number of hydrogen-bond donors (Lipinski definition) is 0. The summed E-state index contributed by atoms with van der Waals surface area (Å²) in [7, 11) is 0. The summed E-state index contributed by atoms with van der Waals surface area (Å²) < 4.78 is 21.9. The Morgan fingerprint density at radius 2 is 2.00 bits per heavy atom. The molecule has 2 aromatic rings. The predicted molar refractivity (Wildman–Crippen MR) is 131 cm³/mol. The molecular formula is C22H18ClIN2O8. The lowest BCUT2D eigenvalue weighted by Gasteiger charge is -2.14. The highest BCUT2D eigenvalue weighted by Crippen LogP contribution is 2.35. The van der Waals surface area contributed by atoms with E-state index in [1.807, 2.05) is 22.6 Å². The number of aliphatic imine (C=N–C) groups is 1. The summed E-state index contributed by atoms with van der Waals surface area (Å²) >= 11 is 8.14. The highest BCUT2D eigenvalue weighted by Gasteiger charge is 2.27. The fourth-order valence-corrected chi connectivity index (χ4v) is 3.92. The summed E-state index contributed by atoms with van der Waals surface area (Å²) in [6.07, 6.45) is 1.49. The molecule has 2 aromatic carbocycles. The van der Waals surface area contributed by atoms with Crippen LogP contribution in [-0.4, -0.2) is 42.6 Å². The summed E-state index contributed by atoms with van der Waals surface area (Å²) in [6.45, 7) is 3.81. The summed E-state index contributed by atoms with van der Waals surface area (Å²) in [4.78, 5) is 38.5. The molecule has 0 aromatic heterocycles. The third kappa shape index (κ3) is 6.03. The molecule has 0 amide bonds. The van der Waals surface area contributed by atoms with E-state index in [0.29, 0.717) is 27.2 Å². The van der Waals surface area contributed by atoms with E-state index < -0.39 is 16.9 Å². The van der Waals surface area contributed by atoms with Crippen LogP contribution in [0.4, 0.5) is 5.69 Å². The van der Waals surface area contributed by atoms with E-state index in [9.17, 15) is 19.7 Å².